The molecule has 0 bridgehead atoms. The average molecular weight is 283 g/mol. The predicted molar refractivity (Wildman–Crippen MR) is 88.0 cm³/mol. The van der Waals surface area contributed by atoms with Crippen LogP contribution in [-0.4, -0.2) is 10.2 Å². The second-order valence-corrected chi connectivity index (χ2v) is 4.98. The van der Waals surface area contributed by atoms with E-state index in [1.54, 1.807) is 18.2 Å². The van der Waals surface area contributed by atoms with Gasteiger partial charge in [-0.2, -0.15) is 0 Å². The van der Waals surface area contributed by atoms with E-state index >= 15 is 0 Å². The molecule has 0 aliphatic rings. The Balaban J connectivity index is 2.57. The fraction of sp³-hybridized carbons (Fsp3) is 0.222. The molecule has 0 spiro atoms. The van der Waals surface area contributed by atoms with Gasteiger partial charge in [0, 0.05) is 0 Å². The molecule has 0 heterocycles. The van der Waals surface area contributed by atoms with Crippen LogP contribution in [0.4, 0.5) is 5.69 Å². The van der Waals surface area contributed by atoms with Gasteiger partial charge in [-0.15, -0.1) is 0 Å². The third kappa shape index (κ3) is 3.19. The number of hydrogen-bond acceptors (Lipinski definition) is 3. The van der Waals surface area contributed by atoms with Gasteiger partial charge in [0.15, 0.2) is 0 Å². The maximum Gasteiger partial charge on any atom is 0.138 e. The second-order valence-electron chi connectivity index (χ2n) is 4.98. The van der Waals surface area contributed by atoms with Crippen molar-refractivity contribution in [2.45, 2.75) is 26.7 Å². The van der Waals surface area contributed by atoms with Gasteiger partial charge in [-0.3, -0.25) is 0 Å². The third-order valence-corrected chi connectivity index (χ3v) is 3.66. The Bertz CT molecular complexity index is 657. The summed E-state index contributed by atoms with van der Waals surface area (Å²) in [6.45, 7) is 4.22. The third-order valence-electron chi connectivity index (χ3n) is 3.66. The van der Waals surface area contributed by atoms with E-state index in [-0.39, 0.29) is 11.5 Å². The summed E-state index contributed by atoms with van der Waals surface area (Å²) in [4.78, 5) is 0. The first-order valence-electron chi connectivity index (χ1n) is 7.17. The van der Waals surface area contributed by atoms with Crippen LogP contribution in [0.2, 0.25) is 0 Å². The molecule has 2 aromatic carbocycles. The molecular weight excluding hydrogens is 262 g/mol. The van der Waals surface area contributed by atoms with Gasteiger partial charge in [0.1, 0.15) is 11.5 Å². The van der Waals surface area contributed by atoms with Crippen LogP contribution in [0.5, 0.6) is 11.5 Å². The Labute approximate surface area is 125 Å². The summed E-state index contributed by atoms with van der Waals surface area (Å²) in [6.07, 6.45) is 1.75. The molecule has 0 aromatic heterocycles. The quantitative estimate of drug-likeness (QED) is 0.442. The second kappa shape index (κ2) is 6.35. The highest BCUT2D eigenvalue weighted by atomic mass is 16.3. The normalized spacial score (nSPS) is 12.1. The number of aromatic hydroxyl groups is 2. The van der Waals surface area contributed by atoms with E-state index in [2.05, 4.69) is 13.8 Å². The maximum absolute atomic E-state index is 9.57. The fourth-order valence-electron chi connectivity index (χ4n) is 2.59. The Hall–Kier alpha value is -2.42. The van der Waals surface area contributed by atoms with Gasteiger partial charge in [0.25, 0.3) is 0 Å². The number of nitrogens with two attached hydrogens (primary N) is 1. The minimum Gasteiger partial charge on any atom is -0.508 e. The molecule has 0 fully saturated rings. The summed E-state index contributed by atoms with van der Waals surface area (Å²) >= 11 is 0. The SMILES string of the molecule is CC/C(=C(/CC)c1ccc(O)c(N)c1)c1ccc(O)cc1. The summed E-state index contributed by atoms with van der Waals surface area (Å²) in [7, 11) is 0. The number of nitrogen functional groups attached to an aromatic ring is 1. The van der Waals surface area contributed by atoms with Crippen molar-refractivity contribution in [3.63, 3.8) is 0 Å². The van der Waals surface area contributed by atoms with Crippen molar-refractivity contribution < 1.29 is 10.2 Å². The van der Waals surface area contributed by atoms with E-state index in [0.717, 1.165) is 24.0 Å². The first kappa shape index (κ1) is 15.0. The molecule has 0 atom stereocenters. The van der Waals surface area contributed by atoms with Crippen molar-refractivity contribution in [3.8, 4) is 11.5 Å². The van der Waals surface area contributed by atoms with E-state index < -0.39 is 0 Å². The molecule has 0 aliphatic heterocycles. The van der Waals surface area contributed by atoms with Crippen LogP contribution < -0.4 is 5.73 Å². The minimum absolute atomic E-state index is 0.108. The average Bonchev–Trinajstić information content (AvgIpc) is 2.49. The minimum atomic E-state index is 0.108. The van der Waals surface area contributed by atoms with E-state index in [0.29, 0.717) is 5.69 Å². The number of anilines is 1. The van der Waals surface area contributed by atoms with Gasteiger partial charge in [0.2, 0.25) is 0 Å². The molecule has 0 unspecified atom stereocenters. The van der Waals surface area contributed by atoms with Crippen molar-refractivity contribution in [2.24, 2.45) is 0 Å². The number of hydrogen-bond donors (Lipinski definition) is 3. The lowest BCUT2D eigenvalue weighted by Crippen LogP contribution is -1.94. The molecule has 0 radical (unpaired) electrons. The smallest absolute Gasteiger partial charge is 0.138 e. The zero-order valence-electron chi connectivity index (χ0n) is 12.4. The Morgan fingerprint density at radius 3 is 1.90 bits per heavy atom. The molecule has 3 nitrogen and oxygen atoms in total. The Morgan fingerprint density at radius 2 is 1.38 bits per heavy atom. The highest BCUT2D eigenvalue weighted by molar-refractivity contribution is 5.91. The van der Waals surface area contributed by atoms with E-state index in [4.69, 9.17) is 5.73 Å². The first-order valence-corrected chi connectivity index (χ1v) is 7.17. The van der Waals surface area contributed by atoms with Crippen LogP contribution in [0.15, 0.2) is 42.5 Å². The zero-order chi connectivity index (χ0) is 15.4. The standard InChI is InChI=1S/C18H21NO2/c1-3-15(12-5-8-14(20)9-6-12)16(4-2)13-7-10-18(21)17(19)11-13/h5-11,20-21H,3-4,19H2,1-2H3/b16-15+. The highest BCUT2D eigenvalue weighted by Gasteiger charge is 2.10. The molecule has 0 saturated heterocycles. The summed E-state index contributed by atoms with van der Waals surface area (Å²) in [5.74, 6) is 0.373. The number of allylic oxidation sites excluding steroid dienone is 2. The molecule has 21 heavy (non-hydrogen) atoms. The summed E-state index contributed by atoms with van der Waals surface area (Å²) in [5, 5.41) is 19.0. The van der Waals surface area contributed by atoms with E-state index in [1.165, 1.54) is 11.1 Å². The number of phenols is 2. The van der Waals surface area contributed by atoms with Gasteiger partial charge in [0.05, 0.1) is 5.69 Å². The molecule has 0 aliphatic carbocycles. The van der Waals surface area contributed by atoms with Gasteiger partial charge < -0.3 is 15.9 Å². The Kier molecular flexibility index (Phi) is 4.53. The molecule has 3 heteroatoms. The van der Waals surface area contributed by atoms with Crippen LogP contribution in [0, 0.1) is 0 Å². The fourth-order valence-corrected chi connectivity index (χ4v) is 2.59. The molecule has 0 saturated carbocycles. The predicted octanol–water partition coefficient (Wildman–Crippen LogP) is 4.41. The van der Waals surface area contributed by atoms with Crippen molar-refractivity contribution in [1.82, 2.24) is 0 Å². The molecule has 2 rings (SSSR count). The van der Waals surface area contributed by atoms with Crippen LogP contribution in [0.25, 0.3) is 11.1 Å². The number of benzene rings is 2. The number of phenolic OH excluding ortho intramolecular Hbond substituents is 2. The Morgan fingerprint density at radius 1 is 0.857 bits per heavy atom. The monoisotopic (exact) mass is 283 g/mol. The van der Waals surface area contributed by atoms with Crippen LogP contribution in [0.3, 0.4) is 0 Å². The zero-order valence-corrected chi connectivity index (χ0v) is 12.4. The molecule has 0 amide bonds. The van der Waals surface area contributed by atoms with Crippen LogP contribution in [-0.2, 0) is 0 Å². The largest absolute Gasteiger partial charge is 0.508 e. The molecule has 110 valence electrons. The maximum atomic E-state index is 9.57. The van der Waals surface area contributed by atoms with Crippen molar-refractivity contribution in [1.29, 1.82) is 0 Å². The topological polar surface area (TPSA) is 66.5 Å². The number of rotatable bonds is 4. The van der Waals surface area contributed by atoms with Crippen LogP contribution in [0.1, 0.15) is 37.8 Å². The van der Waals surface area contributed by atoms with Gasteiger partial charge in [-0.25, -0.2) is 0 Å². The van der Waals surface area contributed by atoms with Crippen molar-refractivity contribution >= 4 is 16.8 Å². The van der Waals surface area contributed by atoms with Gasteiger partial charge >= 0.3 is 0 Å². The highest BCUT2D eigenvalue weighted by Crippen LogP contribution is 2.34. The summed E-state index contributed by atoms with van der Waals surface area (Å²) in [6, 6.07) is 12.6. The van der Waals surface area contributed by atoms with Crippen molar-refractivity contribution in [3.05, 3.63) is 53.6 Å². The van der Waals surface area contributed by atoms with Crippen LogP contribution >= 0.6 is 0 Å². The summed E-state index contributed by atoms with van der Waals surface area (Å²) < 4.78 is 0. The van der Waals surface area contributed by atoms with Gasteiger partial charge in [-0.1, -0.05) is 32.0 Å². The van der Waals surface area contributed by atoms with Crippen molar-refractivity contribution in [2.75, 3.05) is 5.73 Å². The lowest BCUT2D eigenvalue weighted by Gasteiger charge is -2.15. The molecule has 4 N–H and O–H groups in total. The van der Waals surface area contributed by atoms with E-state index in [1.807, 2.05) is 24.3 Å². The lowest BCUT2D eigenvalue weighted by molar-refractivity contribution is 0.475. The lowest BCUT2D eigenvalue weighted by atomic mass is 9.91. The first-order chi connectivity index (χ1) is 10.1. The van der Waals surface area contributed by atoms with E-state index in [9.17, 15) is 10.2 Å². The molecule has 2 aromatic rings. The summed E-state index contributed by atoms with van der Waals surface area (Å²) in [5.41, 5.74) is 10.7. The van der Waals surface area contributed by atoms with Gasteiger partial charge in [-0.05, 0) is 59.4 Å². The molecular formula is C18H21NO2.